The Kier molecular flexibility index (Phi) is 5.79. The van der Waals surface area contributed by atoms with E-state index in [2.05, 4.69) is 12.2 Å². The van der Waals surface area contributed by atoms with Crippen molar-refractivity contribution in [3.05, 3.63) is 0 Å². The van der Waals surface area contributed by atoms with E-state index in [0.717, 1.165) is 19.3 Å². The maximum atomic E-state index is 11.8. The average molecular weight is 271 g/mol. The van der Waals surface area contributed by atoms with E-state index in [0.29, 0.717) is 18.9 Å². The fourth-order valence-corrected chi connectivity index (χ4v) is 2.31. The summed E-state index contributed by atoms with van der Waals surface area (Å²) >= 11 is 0. The lowest BCUT2D eigenvalue weighted by molar-refractivity contribution is -0.137. The summed E-state index contributed by atoms with van der Waals surface area (Å²) in [5, 5.41) is 11.5. The monoisotopic (exact) mass is 271 g/mol. The second-order valence-corrected chi connectivity index (χ2v) is 6.01. The fraction of sp³-hybridized carbons (Fsp3) is 0.857. The Morgan fingerprint density at radius 2 is 2.00 bits per heavy atom. The summed E-state index contributed by atoms with van der Waals surface area (Å²) in [4.78, 5) is 22.4. The van der Waals surface area contributed by atoms with Crippen LogP contribution in [0.4, 0.5) is 0 Å². The first-order valence-corrected chi connectivity index (χ1v) is 6.97. The van der Waals surface area contributed by atoms with E-state index in [-0.39, 0.29) is 18.4 Å². The lowest BCUT2D eigenvalue weighted by Gasteiger charge is -2.26. The van der Waals surface area contributed by atoms with Crippen LogP contribution in [0.2, 0.25) is 0 Å². The molecule has 0 bridgehead atoms. The summed E-state index contributed by atoms with van der Waals surface area (Å²) in [5.41, 5.74) is -0.473. The van der Waals surface area contributed by atoms with Crippen molar-refractivity contribution in [1.29, 1.82) is 0 Å². The smallest absolute Gasteiger partial charge is 0.303 e. The van der Waals surface area contributed by atoms with Crippen LogP contribution in [0.5, 0.6) is 0 Å². The van der Waals surface area contributed by atoms with Gasteiger partial charge in [-0.2, -0.15) is 0 Å². The molecule has 2 atom stereocenters. The Balaban J connectivity index is 2.24. The lowest BCUT2D eigenvalue weighted by Crippen LogP contribution is -2.43. The predicted octanol–water partition coefficient (Wildman–Crippen LogP) is 2.09. The summed E-state index contributed by atoms with van der Waals surface area (Å²) in [7, 11) is 0. The molecule has 1 amide bonds. The first-order chi connectivity index (χ1) is 8.78. The molecule has 5 heteroatoms. The van der Waals surface area contributed by atoms with Crippen LogP contribution in [0.25, 0.3) is 0 Å². The van der Waals surface area contributed by atoms with Gasteiger partial charge >= 0.3 is 5.97 Å². The SMILES string of the molecule is C[C@H]1CC[C@@H](CCC(=O)NC(C)(C)CCC(=O)O)O1. The van der Waals surface area contributed by atoms with Crippen LogP contribution in [0.15, 0.2) is 0 Å². The molecule has 1 fully saturated rings. The highest BCUT2D eigenvalue weighted by Gasteiger charge is 2.24. The van der Waals surface area contributed by atoms with Gasteiger partial charge in [0.25, 0.3) is 0 Å². The molecular weight excluding hydrogens is 246 g/mol. The van der Waals surface area contributed by atoms with Crippen LogP contribution in [0, 0.1) is 0 Å². The molecule has 110 valence electrons. The highest BCUT2D eigenvalue weighted by Crippen LogP contribution is 2.22. The minimum atomic E-state index is -0.837. The van der Waals surface area contributed by atoms with Crippen LogP contribution in [0.1, 0.15) is 59.3 Å². The molecule has 1 saturated heterocycles. The number of nitrogens with one attached hydrogen (secondary N) is 1. The average Bonchev–Trinajstić information content (AvgIpc) is 2.69. The molecule has 0 saturated carbocycles. The number of rotatable bonds is 7. The van der Waals surface area contributed by atoms with Crippen molar-refractivity contribution in [1.82, 2.24) is 5.32 Å². The molecule has 1 aliphatic heterocycles. The zero-order valence-electron chi connectivity index (χ0n) is 12.1. The molecule has 0 radical (unpaired) electrons. The molecule has 1 heterocycles. The van der Waals surface area contributed by atoms with Gasteiger partial charge in [0.05, 0.1) is 12.2 Å². The minimum absolute atomic E-state index is 0.0291. The van der Waals surface area contributed by atoms with Crippen molar-refractivity contribution in [3.63, 3.8) is 0 Å². The van der Waals surface area contributed by atoms with Gasteiger partial charge in [0.2, 0.25) is 5.91 Å². The molecule has 1 rings (SSSR count). The summed E-state index contributed by atoms with van der Waals surface area (Å²) in [6.45, 7) is 5.75. The van der Waals surface area contributed by atoms with Gasteiger partial charge in [0, 0.05) is 18.4 Å². The van der Waals surface area contributed by atoms with Crippen LogP contribution in [-0.4, -0.2) is 34.7 Å². The van der Waals surface area contributed by atoms with Crippen LogP contribution >= 0.6 is 0 Å². The molecular formula is C14H25NO4. The molecule has 2 N–H and O–H groups in total. The lowest BCUT2D eigenvalue weighted by atomic mass is 9.98. The Labute approximate surface area is 114 Å². The van der Waals surface area contributed by atoms with Gasteiger partial charge in [-0.15, -0.1) is 0 Å². The standard InChI is InChI=1S/C14H25NO4/c1-10-4-5-11(19-10)6-7-12(16)15-14(2,3)9-8-13(17)18/h10-11H,4-9H2,1-3H3,(H,15,16)(H,17,18)/t10-,11-/m0/s1. The molecule has 0 aromatic heterocycles. The highest BCUT2D eigenvalue weighted by molar-refractivity contribution is 5.76. The third-order valence-corrected chi connectivity index (χ3v) is 3.45. The van der Waals surface area contributed by atoms with Crippen LogP contribution < -0.4 is 5.32 Å². The molecule has 0 aliphatic carbocycles. The van der Waals surface area contributed by atoms with E-state index in [1.165, 1.54) is 0 Å². The molecule has 5 nitrogen and oxygen atoms in total. The summed E-state index contributed by atoms with van der Waals surface area (Å²) in [5.74, 6) is -0.866. The van der Waals surface area contributed by atoms with E-state index in [1.807, 2.05) is 13.8 Å². The van der Waals surface area contributed by atoms with Crippen LogP contribution in [-0.2, 0) is 14.3 Å². The number of carboxylic acid groups (broad SMARTS) is 1. The Bertz CT molecular complexity index is 327. The van der Waals surface area contributed by atoms with Crippen molar-refractivity contribution in [2.45, 2.75) is 77.0 Å². The molecule has 19 heavy (non-hydrogen) atoms. The Morgan fingerprint density at radius 1 is 1.32 bits per heavy atom. The van der Waals surface area contributed by atoms with Gasteiger partial charge < -0.3 is 15.2 Å². The summed E-state index contributed by atoms with van der Waals surface area (Å²) < 4.78 is 5.66. The van der Waals surface area contributed by atoms with E-state index < -0.39 is 11.5 Å². The van der Waals surface area contributed by atoms with Crippen molar-refractivity contribution < 1.29 is 19.4 Å². The van der Waals surface area contributed by atoms with E-state index in [1.54, 1.807) is 0 Å². The number of aliphatic carboxylic acids is 1. The topological polar surface area (TPSA) is 75.6 Å². The van der Waals surface area contributed by atoms with Crippen molar-refractivity contribution in [3.8, 4) is 0 Å². The maximum absolute atomic E-state index is 11.8. The normalized spacial score (nSPS) is 23.3. The molecule has 0 aromatic carbocycles. The van der Waals surface area contributed by atoms with Gasteiger partial charge in [-0.25, -0.2) is 0 Å². The number of hydrogen-bond acceptors (Lipinski definition) is 3. The second-order valence-electron chi connectivity index (χ2n) is 6.01. The van der Waals surface area contributed by atoms with Crippen molar-refractivity contribution in [2.24, 2.45) is 0 Å². The third-order valence-electron chi connectivity index (χ3n) is 3.45. The van der Waals surface area contributed by atoms with Gasteiger partial charge in [0.1, 0.15) is 0 Å². The number of hydrogen-bond donors (Lipinski definition) is 2. The predicted molar refractivity (Wildman–Crippen MR) is 71.9 cm³/mol. The molecule has 0 spiro atoms. The number of carboxylic acids is 1. The maximum Gasteiger partial charge on any atom is 0.303 e. The largest absolute Gasteiger partial charge is 0.481 e. The van der Waals surface area contributed by atoms with Crippen LogP contribution in [0.3, 0.4) is 0 Å². The first-order valence-electron chi connectivity index (χ1n) is 6.97. The zero-order chi connectivity index (χ0) is 14.5. The van der Waals surface area contributed by atoms with Gasteiger partial charge in [-0.1, -0.05) is 0 Å². The number of carbonyl (C=O) groups excluding carboxylic acids is 1. The number of amides is 1. The summed E-state index contributed by atoms with van der Waals surface area (Å²) in [6.07, 6.45) is 4.27. The van der Waals surface area contributed by atoms with Gasteiger partial charge in [-0.3, -0.25) is 9.59 Å². The Hall–Kier alpha value is -1.10. The quantitative estimate of drug-likeness (QED) is 0.743. The molecule has 1 aliphatic rings. The number of ether oxygens (including phenoxy) is 1. The van der Waals surface area contributed by atoms with Crippen molar-refractivity contribution >= 4 is 11.9 Å². The van der Waals surface area contributed by atoms with E-state index >= 15 is 0 Å². The molecule has 0 unspecified atom stereocenters. The minimum Gasteiger partial charge on any atom is -0.481 e. The number of carbonyl (C=O) groups is 2. The second kappa shape index (κ2) is 6.89. The van der Waals surface area contributed by atoms with Gasteiger partial charge in [-0.05, 0) is 46.5 Å². The first kappa shape index (κ1) is 16.0. The molecule has 0 aromatic rings. The van der Waals surface area contributed by atoms with Gasteiger partial charge in [0.15, 0.2) is 0 Å². The fourth-order valence-electron chi connectivity index (χ4n) is 2.31. The highest BCUT2D eigenvalue weighted by atomic mass is 16.5. The Morgan fingerprint density at radius 3 is 2.53 bits per heavy atom. The van der Waals surface area contributed by atoms with E-state index in [9.17, 15) is 9.59 Å². The zero-order valence-corrected chi connectivity index (χ0v) is 12.1. The van der Waals surface area contributed by atoms with E-state index in [4.69, 9.17) is 9.84 Å². The third kappa shape index (κ3) is 6.57. The van der Waals surface area contributed by atoms with Crippen molar-refractivity contribution in [2.75, 3.05) is 0 Å². The summed E-state index contributed by atoms with van der Waals surface area (Å²) in [6, 6.07) is 0.